The van der Waals surface area contributed by atoms with Crippen molar-refractivity contribution in [3.63, 3.8) is 0 Å². The minimum atomic E-state index is 0.00916. The van der Waals surface area contributed by atoms with Crippen LogP contribution in [0.15, 0.2) is 18.3 Å². The van der Waals surface area contributed by atoms with Gasteiger partial charge in [0, 0.05) is 22.3 Å². The van der Waals surface area contributed by atoms with Crippen LogP contribution in [-0.4, -0.2) is 15.1 Å². The first kappa shape index (κ1) is 12.2. The van der Waals surface area contributed by atoms with Crippen molar-refractivity contribution >= 4 is 11.3 Å². The first-order valence-electron chi connectivity index (χ1n) is 5.77. The lowest BCUT2D eigenvalue weighted by molar-refractivity contribution is 0.277. The van der Waals surface area contributed by atoms with Crippen LogP contribution < -0.4 is 0 Å². The molecular weight excluding hydrogens is 232 g/mol. The summed E-state index contributed by atoms with van der Waals surface area (Å²) in [6, 6.07) is 4.06. The normalized spacial score (nSPS) is 10.8. The highest BCUT2D eigenvalue weighted by Crippen LogP contribution is 2.27. The average molecular weight is 248 g/mol. The molecule has 0 fully saturated rings. The molecule has 4 heteroatoms. The van der Waals surface area contributed by atoms with Gasteiger partial charge in [0.05, 0.1) is 12.3 Å². The van der Waals surface area contributed by atoms with Crippen LogP contribution in [0, 0.1) is 6.92 Å². The van der Waals surface area contributed by atoms with E-state index in [-0.39, 0.29) is 6.61 Å². The number of aliphatic hydroxyl groups is 1. The van der Waals surface area contributed by atoms with Crippen LogP contribution in [0.2, 0.25) is 0 Å². The molecule has 0 radical (unpaired) electrons. The molecule has 1 N–H and O–H groups in total. The van der Waals surface area contributed by atoms with E-state index in [4.69, 9.17) is 5.11 Å². The number of aryl methyl sites for hydroxylation is 2. The molecule has 0 atom stereocenters. The molecule has 2 rings (SSSR count). The summed E-state index contributed by atoms with van der Waals surface area (Å²) in [5.74, 6) is 0. The Morgan fingerprint density at radius 1 is 1.41 bits per heavy atom. The summed E-state index contributed by atoms with van der Waals surface area (Å²) in [7, 11) is 0. The maximum absolute atomic E-state index is 9.15. The molecular formula is C13H16N2OS. The molecule has 0 saturated carbocycles. The Morgan fingerprint density at radius 3 is 2.88 bits per heavy atom. The van der Waals surface area contributed by atoms with Gasteiger partial charge in [-0.25, -0.2) is 4.98 Å². The van der Waals surface area contributed by atoms with Gasteiger partial charge in [0.2, 0.25) is 0 Å². The number of thiazole rings is 1. The molecule has 3 nitrogen and oxygen atoms in total. The van der Waals surface area contributed by atoms with Gasteiger partial charge in [0.25, 0.3) is 0 Å². The second-order valence-corrected chi connectivity index (χ2v) is 5.17. The molecule has 2 aromatic rings. The summed E-state index contributed by atoms with van der Waals surface area (Å²) in [5, 5.41) is 10.1. The zero-order valence-electron chi connectivity index (χ0n) is 10.1. The van der Waals surface area contributed by atoms with E-state index < -0.39 is 0 Å². The monoisotopic (exact) mass is 248 g/mol. The fraction of sp³-hybridized carbons (Fsp3) is 0.385. The summed E-state index contributed by atoms with van der Waals surface area (Å²) in [6.45, 7) is 4.14. The Kier molecular flexibility index (Phi) is 3.86. The Labute approximate surface area is 105 Å². The fourth-order valence-corrected chi connectivity index (χ4v) is 2.62. The van der Waals surface area contributed by atoms with Gasteiger partial charge in [0.1, 0.15) is 5.01 Å². The van der Waals surface area contributed by atoms with E-state index in [1.165, 1.54) is 0 Å². The van der Waals surface area contributed by atoms with Gasteiger partial charge >= 0.3 is 0 Å². The topological polar surface area (TPSA) is 46.0 Å². The van der Waals surface area contributed by atoms with Gasteiger partial charge in [-0.2, -0.15) is 0 Å². The van der Waals surface area contributed by atoms with Gasteiger partial charge in [-0.15, -0.1) is 11.3 Å². The van der Waals surface area contributed by atoms with Crippen molar-refractivity contribution in [1.82, 2.24) is 9.97 Å². The molecule has 0 spiro atoms. The van der Waals surface area contributed by atoms with Gasteiger partial charge < -0.3 is 5.11 Å². The maximum Gasteiger partial charge on any atom is 0.124 e. The second kappa shape index (κ2) is 5.38. The summed E-state index contributed by atoms with van der Waals surface area (Å²) in [5.41, 5.74) is 2.97. The summed E-state index contributed by atoms with van der Waals surface area (Å²) in [4.78, 5) is 9.85. The number of rotatable bonds is 4. The zero-order valence-corrected chi connectivity index (χ0v) is 10.9. The lowest BCUT2D eigenvalue weighted by atomic mass is 10.2. The molecule has 0 aliphatic rings. The van der Waals surface area contributed by atoms with Crippen LogP contribution in [0.4, 0.5) is 0 Å². The lowest BCUT2D eigenvalue weighted by Crippen LogP contribution is -1.90. The van der Waals surface area contributed by atoms with Crippen molar-refractivity contribution in [2.24, 2.45) is 0 Å². The Morgan fingerprint density at radius 2 is 2.24 bits per heavy atom. The van der Waals surface area contributed by atoms with Gasteiger partial charge in [0.15, 0.2) is 0 Å². The highest BCUT2D eigenvalue weighted by atomic mass is 32.1. The summed E-state index contributed by atoms with van der Waals surface area (Å²) >= 11 is 1.62. The first-order chi connectivity index (χ1) is 8.24. The standard InChI is InChI=1S/C13H16N2OS/c1-3-4-11-7-10(5-6-14-11)13-15-12(8-16)9(2)17-13/h5-7,16H,3-4,8H2,1-2H3. The minimum absolute atomic E-state index is 0.00916. The largest absolute Gasteiger partial charge is 0.390 e. The Bertz CT molecular complexity index is 508. The third-order valence-corrected chi connectivity index (χ3v) is 3.67. The lowest BCUT2D eigenvalue weighted by Gasteiger charge is -2.00. The van der Waals surface area contributed by atoms with Crippen LogP contribution in [0.5, 0.6) is 0 Å². The van der Waals surface area contributed by atoms with Crippen molar-refractivity contribution in [2.75, 3.05) is 0 Å². The minimum Gasteiger partial charge on any atom is -0.390 e. The molecule has 2 aromatic heterocycles. The van der Waals surface area contributed by atoms with E-state index >= 15 is 0 Å². The molecule has 0 aliphatic carbocycles. The number of aliphatic hydroxyl groups excluding tert-OH is 1. The maximum atomic E-state index is 9.15. The number of nitrogens with zero attached hydrogens (tertiary/aromatic N) is 2. The molecule has 17 heavy (non-hydrogen) atoms. The average Bonchev–Trinajstić information content (AvgIpc) is 2.71. The highest BCUT2D eigenvalue weighted by Gasteiger charge is 2.09. The zero-order chi connectivity index (χ0) is 12.3. The fourth-order valence-electron chi connectivity index (χ4n) is 1.70. The third-order valence-electron chi connectivity index (χ3n) is 2.61. The molecule has 0 aromatic carbocycles. The van der Waals surface area contributed by atoms with Crippen molar-refractivity contribution in [1.29, 1.82) is 0 Å². The number of hydrogen-bond acceptors (Lipinski definition) is 4. The third kappa shape index (κ3) is 2.70. The van der Waals surface area contributed by atoms with E-state index in [0.717, 1.165) is 39.7 Å². The second-order valence-electron chi connectivity index (χ2n) is 3.97. The number of aromatic nitrogens is 2. The molecule has 0 bridgehead atoms. The number of pyridine rings is 1. The number of hydrogen-bond donors (Lipinski definition) is 1. The molecule has 0 aliphatic heterocycles. The van der Waals surface area contributed by atoms with Crippen molar-refractivity contribution in [3.8, 4) is 10.6 Å². The first-order valence-corrected chi connectivity index (χ1v) is 6.58. The van der Waals surface area contributed by atoms with Crippen LogP contribution in [0.25, 0.3) is 10.6 Å². The van der Waals surface area contributed by atoms with E-state index in [0.29, 0.717) is 0 Å². The van der Waals surface area contributed by atoms with Crippen LogP contribution in [0.1, 0.15) is 29.6 Å². The Hall–Kier alpha value is -1.26. The molecule has 0 unspecified atom stereocenters. The quantitative estimate of drug-likeness (QED) is 0.904. The van der Waals surface area contributed by atoms with E-state index in [1.54, 1.807) is 11.3 Å². The molecule has 0 saturated heterocycles. The predicted octanol–water partition coefficient (Wildman–Crippen LogP) is 2.96. The van der Waals surface area contributed by atoms with E-state index in [2.05, 4.69) is 23.0 Å². The van der Waals surface area contributed by atoms with Crippen LogP contribution in [0.3, 0.4) is 0 Å². The van der Waals surface area contributed by atoms with Crippen molar-refractivity contribution in [2.45, 2.75) is 33.3 Å². The molecule has 2 heterocycles. The molecule has 0 amide bonds. The molecule has 90 valence electrons. The van der Waals surface area contributed by atoms with Crippen LogP contribution >= 0.6 is 11.3 Å². The van der Waals surface area contributed by atoms with Gasteiger partial charge in [-0.05, 0) is 25.5 Å². The van der Waals surface area contributed by atoms with E-state index in [1.807, 2.05) is 19.2 Å². The summed E-state index contributed by atoms with van der Waals surface area (Å²) < 4.78 is 0. The highest BCUT2D eigenvalue weighted by molar-refractivity contribution is 7.15. The summed E-state index contributed by atoms with van der Waals surface area (Å²) in [6.07, 6.45) is 3.91. The smallest absolute Gasteiger partial charge is 0.124 e. The van der Waals surface area contributed by atoms with E-state index in [9.17, 15) is 0 Å². The van der Waals surface area contributed by atoms with Gasteiger partial charge in [-0.3, -0.25) is 4.98 Å². The van der Waals surface area contributed by atoms with Crippen molar-refractivity contribution < 1.29 is 5.11 Å². The van der Waals surface area contributed by atoms with Gasteiger partial charge in [-0.1, -0.05) is 13.3 Å². The predicted molar refractivity (Wildman–Crippen MR) is 70.0 cm³/mol. The van der Waals surface area contributed by atoms with Crippen molar-refractivity contribution in [3.05, 3.63) is 34.6 Å². The van der Waals surface area contributed by atoms with Crippen LogP contribution in [-0.2, 0) is 13.0 Å². The Balaban J connectivity index is 2.34. The SMILES string of the molecule is CCCc1cc(-c2nc(CO)c(C)s2)ccn1.